The van der Waals surface area contributed by atoms with Crippen LogP contribution in [0, 0.1) is 0 Å². The molecule has 2 nitrogen and oxygen atoms in total. The van der Waals surface area contributed by atoms with Crippen LogP contribution in [0.1, 0.15) is 8.29 Å². The lowest BCUT2D eigenvalue weighted by atomic mass is 10.9. The monoisotopic (exact) mass is 75.0 g/mol. The number of hydrogen-bond donors (Lipinski definition) is 0. The molecule has 0 aliphatic heterocycles. The van der Waals surface area contributed by atoms with Crippen LogP contribution in [0.25, 0.3) is 0 Å². The topological polar surface area (TPSA) is 26.3 Å². The molecule has 0 heterocycles. The summed E-state index contributed by atoms with van der Waals surface area (Å²) in [6, 6.07) is 0. The van der Waals surface area contributed by atoms with Crippen LogP contribution in [0.3, 0.4) is 0 Å². The van der Waals surface area contributed by atoms with Crippen LogP contribution in [0.2, 0.25) is 0 Å². The SMILES string of the molecule is [2H]C(=O)OCC. The van der Waals surface area contributed by atoms with E-state index in [9.17, 15) is 4.79 Å². The van der Waals surface area contributed by atoms with E-state index in [1.54, 1.807) is 6.92 Å². The van der Waals surface area contributed by atoms with Crippen molar-refractivity contribution in [1.29, 1.82) is 0 Å². The summed E-state index contributed by atoms with van der Waals surface area (Å²) in [7, 11) is 0. The molecule has 0 aromatic heterocycles. The Balaban J connectivity index is 2.83. The summed E-state index contributed by atoms with van der Waals surface area (Å²) < 4.78 is 10.2. The first-order valence-corrected chi connectivity index (χ1v) is 1.40. The van der Waals surface area contributed by atoms with Crippen molar-refractivity contribution in [3.63, 3.8) is 0 Å². The molecule has 5 heavy (non-hydrogen) atoms. The fraction of sp³-hybridized carbons (Fsp3) is 0.667. The number of rotatable bonds is 1. The third-order valence-corrected chi connectivity index (χ3v) is 0.203. The second-order valence-electron chi connectivity index (χ2n) is 0.516. The van der Waals surface area contributed by atoms with Crippen LogP contribution < -0.4 is 0 Å². The van der Waals surface area contributed by atoms with Crippen LogP contribution in [0.4, 0.5) is 0 Å². The molecule has 0 aliphatic rings. The fourth-order valence-corrected chi connectivity index (χ4v) is 0.0589. The summed E-state index contributed by atoms with van der Waals surface area (Å²) in [6.07, 6.45) is -0.961. The van der Waals surface area contributed by atoms with Crippen molar-refractivity contribution in [1.82, 2.24) is 0 Å². The normalized spacial score (nSPS) is 9.40. The smallest absolute Gasteiger partial charge is 0.293 e. The fourth-order valence-electron chi connectivity index (χ4n) is 0.0589. The third kappa shape index (κ3) is 3.47. The first kappa shape index (κ1) is 2.69. The number of ether oxygens (including phenoxy) is 1. The average Bonchev–Trinajstić information content (AvgIpc) is 1.35. The van der Waals surface area contributed by atoms with E-state index in [1.807, 2.05) is 0 Å². The number of carbonyl (C=O) groups excluding carboxylic acids is 1. The van der Waals surface area contributed by atoms with E-state index in [2.05, 4.69) is 4.74 Å². The minimum absolute atomic E-state index is 0.294. The maximum absolute atomic E-state index is 9.49. The van der Waals surface area contributed by atoms with Crippen molar-refractivity contribution < 1.29 is 10.9 Å². The lowest BCUT2D eigenvalue weighted by Gasteiger charge is -1.79. The maximum Gasteiger partial charge on any atom is 0.293 e. The van der Waals surface area contributed by atoms with E-state index in [0.29, 0.717) is 6.61 Å². The van der Waals surface area contributed by atoms with Gasteiger partial charge in [-0.2, -0.15) is 0 Å². The molecular formula is C3H6O2. The van der Waals surface area contributed by atoms with Crippen LogP contribution in [-0.4, -0.2) is 13.1 Å². The summed E-state index contributed by atoms with van der Waals surface area (Å²) in [6.45, 7) is 1.95. The van der Waals surface area contributed by atoms with Gasteiger partial charge in [-0.25, -0.2) is 0 Å². The average molecular weight is 75.1 g/mol. The summed E-state index contributed by atoms with van der Waals surface area (Å²) >= 11 is 0. The molecular weight excluding hydrogens is 68.0 g/mol. The molecule has 0 fully saturated rings. The molecule has 0 bridgehead atoms. The van der Waals surface area contributed by atoms with Crippen molar-refractivity contribution in [2.24, 2.45) is 0 Å². The molecule has 2 heteroatoms. The Morgan fingerprint density at radius 2 is 3.00 bits per heavy atom. The van der Waals surface area contributed by atoms with Gasteiger partial charge >= 0.3 is 0 Å². The molecule has 0 aliphatic carbocycles. The van der Waals surface area contributed by atoms with E-state index in [0.717, 1.165) is 0 Å². The molecule has 0 aromatic carbocycles. The number of carbonyl (C=O) groups is 1. The maximum atomic E-state index is 9.49. The van der Waals surface area contributed by atoms with Crippen LogP contribution in [0.15, 0.2) is 0 Å². The van der Waals surface area contributed by atoms with Gasteiger partial charge in [0.15, 0.2) is 1.37 Å². The van der Waals surface area contributed by atoms with Gasteiger partial charge in [0.25, 0.3) is 6.45 Å². The first-order chi connectivity index (χ1) is 2.77. The lowest BCUT2D eigenvalue weighted by Crippen LogP contribution is -1.80. The molecule has 0 saturated carbocycles. The Morgan fingerprint density at radius 1 is 2.40 bits per heavy atom. The van der Waals surface area contributed by atoms with Crippen molar-refractivity contribution in [3.8, 4) is 0 Å². The molecule has 0 saturated heterocycles. The lowest BCUT2D eigenvalue weighted by molar-refractivity contribution is -0.128. The molecule has 0 amide bonds. The largest absolute Gasteiger partial charge is 0.468 e. The van der Waals surface area contributed by atoms with E-state index in [1.165, 1.54) is 0 Å². The zero-order valence-corrected chi connectivity index (χ0v) is 3.02. The van der Waals surface area contributed by atoms with E-state index in [-0.39, 0.29) is 0 Å². The van der Waals surface area contributed by atoms with Gasteiger partial charge in [-0.3, -0.25) is 4.79 Å². The Kier molecular flexibility index (Phi) is 1.87. The Labute approximate surface area is 32.1 Å². The van der Waals surface area contributed by atoms with Crippen molar-refractivity contribution in [2.45, 2.75) is 6.92 Å². The highest BCUT2D eigenvalue weighted by molar-refractivity contribution is 5.36. The summed E-state index contributed by atoms with van der Waals surface area (Å²) in [5.74, 6) is 0. The zero-order valence-electron chi connectivity index (χ0n) is 4.02. The highest BCUT2D eigenvalue weighted by atomic mass is 16.5. The Morgan fingerprint density at radius 3 is 3.00 bits per heavy atom. The van der Waals surface area contributed by atoms with Crippen molar-refractivity contribution >= 4 is 6.45 Å². The standard InChI is InChI=1S/C3H6O2/c1-2-5-3-4/h3H,2H2,1H3/i3D. The molecule has 0 N–H and O–H groups in total. The molecule has 30 valence electrons. The van der Waals surface area contributed by atoms with Gasteiger partial charge in [-0.1, -0.05) is 0 Å². The summed E-state index contributed by atoms with van der Waals surface area (Å²) in [5, 5.41) is 0. The quantitative estimate of drug-likeness (QED) is 0.415. The van der Waals surface area contributed by atoms with Crippen LogP contribution >= 0.6 is 0 Å². The van der Waals surface area contributed by atoms with Gasteiger partial charge < -0.3 is 4.74 Å². The third-order valence-electron chi connectivity index (χ3n) is 0.203. The van der Waals surface area contributed by atoms with Gasteiger partial charge in [0.05, 0.1) is 6.61 Å². The second-order valence-corrected chi connectivity index (χ2v) is 0.516. The second kappa shape index (κ2) is 3.47. The minimum atomic E-state index is -0.961. The Bertz CT molecular complexity index is 52.8. The highest BCUT2D eigenvalue weighted by Crippen LogP contribution is 1.55. The molecule has 0 radical (unpaired) electrons. The first-order valence-electron chi connectivity index (χ1n) is 1.90. The summed E-state index contributed by atoms with van der Waals surface area (Å²) in [5.41, 5.74) is 0. The molecule has 0 atom stereocenters. The zero-order chi connectivity index (χ0) is 4.99. The van der Waals surface area contributed by atoms with Crippen molar-refractivity contribution in [3.05, 3.63) is 0 Å². The molecule has 0 spiro atoms. The molecule has 0 rings (SSSR count). The molecule has 0 unspecified atom stereocenters. The van der Waals surface area contributed by atoms with Crippen LogP contribution in [-0.2, 0) is 9.53 Å². The number of hydrogen-bond acceptors (Lipinski definition) is 2. The van der Waals surface area contributed by atoms with Gasteiger partial charge in [-0.15, -0.1) is 0 Å². The van der Waals surface area contributed by atoms with Gasteiger partial charge in [0, 0.05) is 0 Å². The molecule has 0 aromatic rings. The van der Waals surface area contributed by atoms with E-state index < -0.39 is 6.45 Å². The van der Waals surface area contributed by atoms with Gasteiger partial charge in [0.2, 0.25) is 0 Å². The Hall–Kier alpha value is -0.530. The minimum Gasteiger partial charge on any atom is -0.468 e. The van der Waals surface area contributed by atoms with Gasteiger partial charge in [0.1, 0.15) is 0 Å². The summed E-state index contributed by atoms with van der Waals surface area (Å²) in [4.78, 5) is 9.49. The van der Waals surface area contributed by atoms with Crippen molar-refractivity contribution in [2.75, 3.05) is 6.61 Å². The van der Waals surface area contributed by atoms with Crippen LogP contribution in [0.5, 0.6) is 0 Å². The highest BCUT2D eigenvalue weighted by Gasteiger charge is 1.60. The van der Waals surface area contributed by atoms with E-state index >= 15 is 0 Å². The van der Waals surface area contributed by atoms with Gasteiger partial charge in [-0.05, 0) is 6.92 Å². The predicted octanol–water partition coefficient (Wildman–Crippen LogP) is 0.179. The van der Waals surface area contributed by atoms with E-state index in [4.69, 9.17) is 1.37 Å². The predicted molar refractivity (Wildman–Crippen MR) is 17.7 cm³/mol.